The van der Waals surface area contributed by atoms with Gasteiger partial charge in [0.05, 0.1) is 13.7 Å². The van der Waals surface area contributed by atoms with E-state index in [4.69, 9.17) is 9.84 Å². The summed E-state index contributed by atoms with van der Waals surface area (Å²) in [4.78, 5) is 23.9. The molecule has 2 aromatic heterocycles. The number of rotatable bonds is 7. The highest BCUT2D eigenvalue weighted by atomic mass is 32.1. The number of anilines is 4. The molecule has 34 heavy (non-hydrogen) atoms. The largest absolute Gasteiger partial charge is 0.497 e. The molecule has 4 heterocycles. The molecule has 1 fully saturated rings. The zero-order valence-corrected chi connectivity index (χ0v) is 20.5. The minimum Gasteiger partial charge on any atom is -0.497 e. The van der Waals surface area contributed by atoms with Crippen LogP contribution in [0.5, 0.6) is 5.75 Å². The molecule has 1 saturated heterocycles. The SMILES string of the molecule is COc1ccc2c(c1)C(c1cnc(Nc3nc(C)nc(N4CCN(CCO)CC4)n3)s1)C(C)N2. The standard InChI is InChI=1S/C23H30N8O2S/c1-14-20(17-12-16(33-3)4-5-18(17)25-14)19-13-24-23(34-19)29-21-26-15(2)27-22(28-21)31-8-6-30(7-9-31)10-11-32/h4-5,12-14,20,25,32H,6-11H2,1-3H3,(H,24,26,27,28,29). The number of aliphatic hydroxyl groups is 1. The fourth-order valence-electron chi connectivity index (χ4n) is 4.62. The summed E-state index contributed by atoms with van der Waals surface area (Å²) in [6, 6.07) is 6.41. The molecule has 0 aliphatic carbocycles. The van der Waals surface area contributed by atoms with Crippen LogP contribution in [0.1, 0.15) is 29.1 Å². The van der Waals surface area contributed by atoms with Gasteiger partial charge in [0.15, 0.2) is 5.13 Å². The van der Waals surface area contributed by atoms with Crippen LogP contribution < -0.4 is 20.3 Å². The lowest BCUT2D eigenvalue weighted by Gasteiger charge is -2.34. The van der Waals surface area contributed by atoms with Crippen LogP contribution in [0.2, 0.25) is 0 Å². The second-order valence-electron chi connectivity index (χ2n) is 8.62. The molecule has 11 heteroatoms. The fourth-order valence-corrected chi connectivity index (χ4v) is 5.65. The van der Waals surface area contributed by atoms with E-state index in [0.717, 1.165) is 42.7 Å². The number of methoxy groups -OCH3 is 1. The van der Waals surface area contributed by atoms with E-state index in [9.17, 15) is 0 Å². The summed E-state index contributed by atoms with van der Waals surface area (Å²) >= 11 is 1.61. The molecular formula is C23H30N8O2S. The summed E-state index contributed by atoms with van der Waals surface area (Å²) in [6.07, 6.45) is 1.93. The second kappa shape index (κ2) is 9.69. The Balaban J connectivity index is 1.32. The molecule has 2 atom stereocenters. The molecule has 0 spiro atoms. The number of aryl methyl sites for hydroxylation is 1. The topological polar surface area (TPSA) is 112 Å². The Hall–Kier alpha value is -3.02. The Morgan fingerprint density at radius 3 is 2.79 bits per heavy atom. The van der Waals surface area contributed by atoms with Gasteiger partial charge in [0, 0.05) is 61.4 Å². The van der Waals surface area contributed by atoms with Crippen molar-refractivity contribution in [2.24, 2.45) is 0 Å². The van der Waals surface area contributed by atoms with Crippen LogP contribution in [0, 0.1) is 6.92 Å². The van der Waals surface area contributed by atoms with Gasteiger partial charge in [0.1, 0.15) is 11.6 Å². The minimum absolute atomic E-state index is 0.184. The van der Waals surface area contributed by atoms with Gasteiger partial charge in [0.2, 0.25) is 11.9 Å². The Kier molecular flexibility index (Phi) is 6.48. The van der Waals surface area contributed by atoms with Crippen molar-refractivity contribution >= 4 is 34.1 Å². The summed E-state index contributed by atoms with van der Waals surface area (Å²) in [5.74, 6) is 2.89. The van der Waals surface area contributed by atoms with Crippen LogP contribution >= 0.6 is 11.3 Å². The predicted molar refractivity (Wildman–Crippen MR) is 134 cm³/mol. The molecule has 0 saturated carbocycles. The van der Waals surface area contributed by atoms with Gasteiger partial charge in [-0.05, 0) is 37.6 Å². The highest BCUT2D eigenvalue weighted by molar-refractivity contribution is 7.15. The maximum atomic E-state index is 9.16. The van der Waals surface area contributed by atoms with Gasteiger partial charge in [-0.15, -0.1) is 11.3 Å². The van der Waals surface area contributed by atoms with Crippen molar-refractivity contribution in [3.8, 4) is 5.75 Å². The lowest BCUT2D eigenvalue weighted by Crippen LogP contribution is -2.47. The zero-order valence-electron chi connectivity index (χ0n) is 19.7. The molecule has 0 bridgehead atoms. The van der Waals surface area contributed by atoms with Crippen molar-refractivity contribution in [3.63, 3.8) is 0 Å². The van der Waals surface area contributed by atoms with Gasteiger partial charge < -0.3 is 20.1 Å². The zero-order chi connectivity index (χ0) is 23.7. The molecule has 180 valence electrons. The number of nitrogens with one attached hydrogen (secondary N) is 2. The first kappa shape index (κ1) is 22.8. The predicted octanol–water partition coefficient (Wildman–Crippen LogP) is 2.45. The van der Waals surface area contributed by atoms with Crippen molar-refractivity contribution in [3.05, 3.63) is 40.7 Å². The van der Waals surface area contributed by atoms with E-state index in [1.54, 1.807) is 18.4 Å². The third-order valence-corrected chi connectivity index (χ3v) is 7.33. The van der Waals surface area contributed by atoms with E-state index in [2.05, 4.69) is 59.4 Å². The van der Waals surface area contributed by atoms with Gasteiger partial charge in [-0.25, -0.2) is 4.98 Å². The van der Waals surface area contributed by atoms with Crippen LogP contribution in [0.25, 0.3) is 0 Å². The van der Waals surface area contributed by atoms with Crippen molar-refractivity contribution in [1.29, 1.82) is 0 Å². The van der Waals surface area contributed by atoms with E-state index < -0.39 is 0 Å². The number of benzene rings is 1. The third kappa shape index (κ3) is 4.63. The monoisotopic (exact) mass is 482 g/mol. The molecule has 2 unspecified atom stereocenters. The molecule has 10 nitrogen and oxygen atoms in total. The van der Waals surface area contributed by atoms with Crippen molar-refractivity contribution in [2.75, 3.05) is 62.0 Å². The van der Waals surface area contributed by atoms with Crippen LogP contribution in [-0.2, 0) is 0 Å². The number of fused-ring (bicyclic) bond motifs is 1. The van der Waals surface area contributed by atoms with Gasteiger partial charge in [0.25, 0.3) is 0 Å². The second-order valence-corrected chi connectivity index (χ2v) is 9.68. The lowest BCUT2D eigenvalue weighted by molar-refractivity contribution is 0.188. The Labute approximate surface area is 203 Å². The van der Waals surface area contributed by atoms with Crippen LogP contribution in [0.15, 0.2) is 24.4 Å². The number of piperazine rings is 1. The number of β-amino-alcohol motifs (C(OH)–C–C–N with tert-alkyl or cyclic N) is 1. The summed E-state index contributed by atoms with van der Waals surface area (Å²) in [6.45, 7) is 8.35. The molecular weight excluding hydrogens is 452 g/mol. The molecule has 3 aromatic rings. The van der Waals surface area contributed by atoms with Crippen molar-refractivity contribution in [1.82, 2.24) is 24.8 Å². The van der Waals surface area contributed by atoms with Crippen LogP contribution in [-0.4, -0.2) is 82.4 Å². The Morgan fingerprint density at radius 2 is 2.03 bits per heavy atom. The summed E-state index contributed by atoms with van der Waals surface area (Å²) < 4.78 is 5.44. The molecule has 2 aliphatic rings. The molecule has 3 N–H and O–H groups in total. The maximum Gasteiger partial charge on any atom is 0.234 e. The van der Waals surface area contributed by atoms with Gasteiger partial charge in [-0.1, -0.05) is 0 Å². The smallest absolute Gasteiger partial charge is 0.234 e. The first-order valence-electron chi connectivity index (χ1n) is 11.5. The summed E-state index contributed by atoms with van der Waals surface area (Å²) in [7, 11) is 1.69. The maximum absolute atomic E-state index is 9.16. The number of aromatic nitrogens is 4. The Bertz CT molecular complexity index is 1150. The average Bonchev–Trinajstić information content (AvgIpc) is 3.41. The number of hydrogen-bond acceptors (Lipinski definition) is 11. The summed E-state index contributed by atoms with van der Waals surface area (Å²) in [5.41, 5.74) is 2.36. The van der Waals surface area contributed by atoms with E-state index in [-0.39, 0.29) is 18.6 Å². The van der Waals surface area contributed by atoms with Gasteiger partial charge >= 0.3 is 0 Å². The number of hydrogen-bond donors (Lipinski definition) is 3. The van der Waals surface area contributed by atoms with Crippen molar-refractivity contribution < 1.29 is 9.84 Å². The fraction of sp³-hybridized carbons (Fsp3) is 0.478. The highest BCUT2D eigenvalue weighted by Gasteiger charge is 2.32. The molecule has 5 rings (SSSR count). The summed E-state index contributed by atoms with van der Waals surface area (Å²) in [5, 5.41) is 16.8. The highest BCUT2D eigenvalue weighted by Crippen LogP contribution is 2.44. The minimum atomic E-state index is 0.184. The van der Waals surface area contributed by atoms with Gasteiger partial charge in [-0.3, -0.25) is 10.2 Å². The quantitative estimate of drug-likeness (QED) is 0.464. The van der Waals surface area contributed by atoms with E-state index >= 15 is 0 Å². The number of aliphatic hydroxyl groups excluding tert-OH is 1. The first-order chi connectivity index (χ1) is 16.5. The molecule has 1 aromatic carbocycles. The average molecular weight is 483 g/mol. The van der Waals surface area contributed by atoms with Gasteiger partial charge in [-0.2, -0.15) is 15.0 Å². The number of thiazole rings is 1. The van der Waals surface area contributed by atoms with Crippen LogP contribution in [0.4, 0.5) is 22.7 Å². The van der Waals surface area contributed by atoms with E-state index in [1.807, 2.05) is 19.2 Å². The first-order valence-corrected chi connectivity index (χ1v) is 12.3. The normalized spacial score (nSPS) is 20.2. The third-order valence-electron chi connectivity index (χ3n) is 6.33. The van der Waals surface area contributed by atoms with E-state index in [0.29, 0.717) is 24.3 Å². The molecule has 0 radical (unpaired) electrons. The number of nitrogens with zero attached hydrogens (tertiary/aromatic N) is 6. The molecule has 2 aliphatic heterocycles. The van der Waals surface area contributed by atoms with Crippen LogP contribution in [0.3, 0.4) is 0 Å². The number of ether oxygens (including phenoxy) is 1. The molecule has 0 amide bonds. The Morgan fingerprint density at radius 1 is 1.21 bits per heavy atom. The van der Waals surface area contributed by atoms with Crippen molar-refractivity contribution in [2.45, 2.75) is 25.8 Å². The van der Waals surface area contributed by atoms with E-state index in [1.165, 1.54) is 10.4 Å². The lowest BCUT2D eigenvalue weighted by atomic mass is 9.95.